The fourth-order valence-corrected chi connectivity index (χ4v) is 3.70. The van der Waals surface area contributed by atoms with Crippen LogP contribution in [0.1, 0.15) is 58.3 Å². The average Bonchev–Trinajstić information content (AvgIpc) is 3.41. The van der Waals surface area contributed by atoms with E-state index in [4.69, 9.17) is 4.52 Å². The van der Waals surface area contributed by atoms with Crippen molar-refractivity contribution in [2.24, 2.45) is 13.0 Å². The quantitative estimate of drug-likeness (QED) is 0.666. The first-order chi connectivity index (χ1) is 14.4. The Labute approximate surface area is 173 Å². The number of nitrogens with zero attached hydrogens (tertiary/aromatic N) is 5. The number of rotatable bonds is 5. The van der Waals surface area contributed by atoms with Crippen molar-refractivity contribution >= 4 is 23.2 Å². The number of carbonyl (C=O) groups excluding carboxylic acids is 2. The molecule has 0 radical (unpaired) electrons. The first kappa shape index (κ1) is 19.9. The minimum absolute atomic E-state index is 0.264. The van der Waals surface area contributed by atoms with Crippen molar-refractivity contribution in [2.75, 3.05) is 10.6 Å². The van der Waals surface area contributed by atoms with Crippen LogP contribution in [0.3, 0.4) is 0 Å². The summed E-state index contributed by atoms with van der Waals surface area (Å²) in [7, 11) is 1.80. The van der Waals surface area contributed by atoms with E-state index in [0.717, 1.165) is 36.3 Å². The standard InChI is InChI=1S/C20H25N7O3/c1-5-27-18(20(29)23-14-9-21-26(4)12(14)3)15(10-22-27)24-19(28)17-13-8-11(2)6-7-16(13)30-25-17/h9-11H,5-8H2,1-4H3,(H,23,29)(H,24,28). The molecule has 3 heterocycles. The van der Waals surface area contributed by atoms with Crippen molar-refractivity contribution in [1.82, 2.24) is 24.7 Å². The summed E-state index contributed by atoms with van der Waals surface area (Å²) >= 11 is 0. The van der Waals surface area contributed by atoms with Gasteiger partial charge in [-0.15, -0.1) is 0 Å². The van der Waals surface area contributed by atoms with Crippen LogP contribution in [0.5, 0.6) is 0 Å². The van der Waals surface area contributed by atoms with Crippen LogP contribution in [0.15, 0.2) is 16.9 Å². The summed E-state index contributed by atoms with van der Waals surface area (Å²) in [4.78, 5) is 25.9. The summed E-state index contributed by atoms with van der Waals surface area (Å²) in [6.45, 7) is 6.35. The summed E-state index contributed by atoms with van der Waals surface area (Å²) in [6.07, 6.45) is 5.61. The van der Waals surface area contributed by atoms with Crippen LogP contribution in [0.25, 0.3) is 0 Å². The van der Waals surface area contributed by atoms with Crippen LogP contribution in [-0.2, 0) is 26.4 Å². The number of aromatic nitrogens is 5. The zero-order chi connectivity index (χ0) is 21.4. The summed E-state index contributed by atoms with van der Waals surface area (Å²) in [6, 6.07) is 0. The molecule has 1 atom stereocenters. The Morgan fingerprint density at radius 3 is 2.63 bits per heavy atom. The van der Waals surface area contributed by atoms with Crippen molar-refractivity contribution < 1.29 is 14.1 Å². The molecule has 1 aliphatic carbocycles. The van der Waals surface area contributed by atoms with E-state index in [9.17, 15) is 9.59 Å². The van der Waals surface area contributed by atoms with Crippen LogP contribution in [0.4, 0.5) is 11.4 Å². The molecular weight excluding hydrogens is 386 g/mol. The Bertz CT molecular complexity index is 1110. The predicted octanol–water partition coefficient (Wildman–Crippen LogP) is 2.56. The number of hydrogen-bond donors (Lipinski definition) is 2. The molecule has 0 saturated carbocycles. The molecule has 2 amide bonds. The normalized spacial score (nSPS) is 15.7. The molecule has 4 rings (SSSR count). The van der Waals surface area contributed by atoms with Gasteiger partial charge < -0.3 is 15.2 Å². The molecular formula is C20H25N7O3. The van der Waals surface area contributed by atoms with Crippen molar-refractivity contribution in [1.29, 1.82) is 0 Å². The molecule has 2 N–H and O–H groups in total. The average molecular weight is 411 g/mol. The summed E-state index contributed by atoms with van der Waals surface area (Å²) in [5.74, 6) is 0.454. The topological polar surface area (TPSA) is 120 Å². The smallest absolute Gasteiger partial charge is 0.278 e. The van der Waals surface area contributed by atoms with Crippen molar-refractivity contribution in [3.8, 4) is 0 Å². The number of carbonyl (C=O) groups is 2. The Kier molecular flexibility index (Phi) is 5.15. The summed E-state index contributed by atoms with van der Waals surface area (Å²) in [5.41, 5.74) is 3.13. The summed E-state index contributed by atoms with van der Waals surface area (Å²) in [5, 5.41) is 18.0. The van der Waals surface area contributed by atoms with Crippen molar-refractivity contribution in [3.05, 3.63) is 40.8 Å². The van der Waals surface area contributed by atoms with Gasteiger partial charge in [-0.1, -0.05) is 12.1 Å². The molecule has 0 aliphatic heterocycles. The van der Waals surface area contributed by atoms with Gasteiger partial charge in [0.15, 0.2) is 5.69 Å². The molecule has 10 heteroatoms. The Hall–Kier alpha value is -3.43. The van der Waals surface area contributed by atoms with Crippen LogP contribution in [-0.4, -0.2) is 36.5 Å². The van der Waals surface area contributed by atoms with Crippen molar-refractivity contribution in [2.45, 2.75) is 46.6 Å². The molecule has 30 heavy (non-hydrogen) atoms. The van der Waals surface area contributed by atoms with Gasteiger partial charge in [0.05, 0.1) is 29.5 Å². The molecule has 0 bridgehead atoms. The van der Waals surface area contributed by atoms with Crippen LogP contribution < -0.4 is 10.6 Å². The van der Waals surface area contributed by atoms with Gasteiger partial charge in [0, 0.05) is 25.6 Å². The van der Waals surface area contributed by atoms with Gasteiger partial charge in [0.1, 0.15) is 11.5 Å². The lowest BCUT2D eigenvalue weighted by molar-refractivity contribution is 0.101. The number of anilines is 2. The lowest BCUT2D eigenvalue weighted by Gasteiger charge is -2.16. The zero-order valence-electron chi connectivity index (χ0n) is 17.5. The Morgan fingerprint density at radius 2 is 1.93 bits per heavy atom. The molecule has 0 fully saturated rings. The SMILES string of the molecule is CCn1ncc(NC(=O)c2noc3c2CC(C)CC3)c1C(=O)Nc1cnn(C)c1C. The first-order valence-electron chi connectivity index (χ1n) is 10.0. The van der Waals surface area contributed by atoms with Gasteiger partial charge in [-0.05, 0) is 32.6 Å². The Morgan fingerprint density at radius 1 is 1.20 bits per heavy atom. The molecule has 158 valence electrons. The van der Waals surface area contributed by atoms with E-state index in [1.54, 1.807) is 17.9 Å². The molecule has 1 unspecified atom stereocenters. The molecule has 3 aromatic rings. The van der Waals surface area contributed by atoms with E-state index in [1.807, 2.05) is 13.8 Å². The van der Waals surface area contributed by atoms with E-state index in [0.29, 0.717) is 23.8 Å². The lowest BCUT2D eigenvalue weighted by atomic mass is 9.88. The van der Waals surface area contributed by atoms with Crippen LogP contribution in [0, 0.1) is 12.8 Å². The number of nitrogens with one attached hydrogen (secondary N) is 2. The molecule has 0 spiro atoms. The second-order valence-electron chi connectivity index (χ2n) is 7.68. The van der Waals surface area contributed by atoms with E-state index < -0.39 is 5.91 Å². The van der Waals surface area contributed by atoms with E-state index in [1.165, 1.54) is 10.9 Å². The monoisotopic (exact) mass is 411 g/mol. The highest BCUT2D eigenvalue weighted by Crippen LogP contribution is 2.28. The van der Waals surface area contributed by atoms with Gasteiger partial charge in [-0.3, -0.25) is 19.0 Å². The maximum atomic E-state index is 13.0. The molecule has 0 saturated heterocycles. The van der Waals surface area contributed by atoms with E-state index >= 15 is 0 Å². The second kappa shape index (κ2) is 7.77. The number of amides is 2. The Balaban J connectivity index is 1.59. The highest BCUT2D eigenvalue weighted by molar-refractivity contribution is 6.11. The minimum atomic E-state index is -0.406. The zero-order valence-corrected chi connectivity index (χ0v) is 17.5. The highest BCUT2D eigenvalue weighted by atomic mass is 16.5. The van der Waals surface area contributed by atoms with Gasteiger partial charge >= 0.3 is 0 Å². The lowest BCUT2D eigenvalue weighted by Crippen LogP contribution is -2.22. The predicted molar refractivity (Wildman–Crippen MR) is 109 cm³/mol. The van der Waals surface area contributed by atoms with Gasteiger partial charge in [-0.2, -0.15) is 10.2 Å². The number of fused-ring (bicyclic) bond motifs is 1. The third kappa shape index (κ3) is 3.49. The molecule has 0 aromatic carbocycles. The fraction of sp³-hybridized carbons (Fsp3) is 0.450. The van der Waals surface area contributed by atoms with E-state index in [-0.39, 0.29) is 17.3 Å². The minimum Gasteiger partial charge on any atom is -0.360 e. The van der Waals surface area contributed by atoms with Crippen molar-refractivity contribution in [3.63, 3.8) is 0 Å². The third-order valence-corrected chi connectivity index (χ3v) is 5.59. The van der Waals surface area contributed by atoms with Crippen LogP contribution >= 0.6 is 0 Å². The largest absolute Gasteiger partial charge is 0.360 e. The summed E-state index contributed by atoms with van der Waals surface area (Å²) < 4.78 is 8.58. The maximum Gasteiger partial charge on any atom is 0.278 e. The van der Waals surface area contributed by atoms with Gasteiger partial charge in [-0.25, -0.2) is 0 Å². The molecule has 10 nitrogen and oxygen atoms in total. The number of hydrogen-bond acceptors (Lipinski definition) is 6. The molecule has 3 aromatic heterocycles. The van der Waals surface area contributed by atoms with E-state index in [2.05, 4.69) is 32.9 Å². The third-order valence-electron chi connectivity index (χ3n) is 5.59. The highest BCUT2D eigenvalue weighted by Gasteiger charge is 2.28. The first-order valence-corrected chi connectivity index (χ1v) is 10.0. The second-order valence-corrected chi connectivity index (χ2v) is 7.68. The number of aryl methyl sites for hydroxylation is 3. The van der Waals surface area contributed by atoms with Crippen LogP contribution in [0.2, 0.25) is 0 Å². The maximum absolute atomic E-state index is 13.0. The van der Waals surface area contributed by atoms with Gasteiger partial charge in [0.25, 0.3) is 11.8 Å². The molecule has 1 aliphatic rings. The fourth-order valence-electron chi connectivity index (χ4n) is 3.70. The van der Waals surface area contributed by atoms with Gasteiger partial charge in [0.2, 0.25) is 0 Å².